The third kappa shape index (κ3) is 3.56. The van der Waals surface area contributed by atoms with Crippen LogP contribution in [-0.2, 0) is 0 Å². The van der Waals surface area contributed by atoms with Crippen LogP contribution < -0.4 is 15.6 Å². The van der Waals surface area contributed by atoms with Gasteiger partial charge in [0.2, 0.25) is 5.36 Å². The van der Waals surface area contributed by atoms with E-state index in [0.717, 1.165) is 16.6 Å². The van der Waals surface area contributed by atoms with Crippen molar-refractivity contribution >= 4 is 16.6 Å². The van der Waals surface area contributed by atoms with Gasteiger partial charge in [0.1, 0.15) is 5.54 Å². The molecule has 0 spiro atoms. The van der Waals surface area contributed by atoms with E-state index in [0.29, 0.717) is 24.2 Å². The largest absolute Gasteiger partial charge is 0.612 e. The standard InChI is InChI=1S/C20H26N4O3/c1-20(2,24(3,4)27)12-13-21-19-14-8-5-6-9-15(14)22-16-10-7-11-17(18(16)19)23(25)26/h5-11,21-22,27H,12-13H2,1-4H3. The third-order valence-electron chi connectivity index (χ3n) is 5.47. The van der Waals surface area contributed by atoms with Crippen molar-refractivity contribution in [1.82, 2.24) is 9.89 Å². The van der Waals surface area contributed by atoms with Gasteiger partial charge in [-0.15, -0.1) is 0 Å². The SMILES string of the molecule is CC(C)(CCNc1c2c(=[N+]([O-])[O-])cccc-2[nH]c2ccccc12)[N+](C)(C)O. The molecule has 0 radical (unpaired) electrons. The summed E-state index contributed by atoms with van der Waals surface area (Å²) in [5.41, 5.74) is 2.56. The van der Waals surface area contributed by atoms with Gasteiger partial charge in [-0.2, -0.15) is 9.55 Å². The van der Waals surface area contributed by atoms with Crippen molar-refractivity contribution in [3.8, 4) is 11.3 Å². The molecule has 3 N–H and O–H groups in total. The fourth-order valence-electron chi connectivity index (χ4n) is 3.10. The first-order valence-corrected chi connectivity index (χ1v) is 8.94. The molecule has 7 nitrogen and oxygen atoms in total. The van der Waals surface area contributed by atoms with Crippen molar-refractivity contribution in [3.63, 3.8) is 0 Å². The maximum atomic E-state index is 11.6. The number of rotatable bonds is 5. The van der Waals surface area contributed by atoms with E-state index < -0.39 is 0 Å². The number of nitrogens with one attached hydrogen (secondary N) is 2. The Morgan fingerprint density at radius 3 is 2.48 bits per heavy atom. The van der Waals surface area contributed by atoms with Crippen LogP contribution in [0.4, 0.5) is 5.69 Å². The Kier molecular flexibility index (Phi) is 4.75. The van der Waals surface area contributed by atoms with E-state index in [-0.39, 0.29) is 20.4 Å². The number of anilines is 1. The van der Waals surface area contributed by atoms with Crippen LogP contribution in [0.1, 0.15) is 20.3 Å². The van der Waals surface area contributed by atoms with Crippen molar-refractivity contribution in [1.29, 1.82) is 0 Å². The molecule has 1 aromatic rings. The van der Waals surface area contributed by atoms with Crippen molar-refractivity contribution in [2.45, 2.75) is 25.8 Å². The van der Waals surface area contributed by atoms with Crippen LogP contribution >= 0.6 is 0 Å². The fraction of sp³-hybridized carbons (Fsp3) is 0.350. The number of para-hydroxylation sites is 1. The Hall–Kier alpha value is -2.77. The first-order chi connectivity index (χ1) is 12.6. The first-order valence-electron chi connectivity index (χ1n) is 8.94. The summed E-state index contributed by atoms with van der Waals surface area (Å²) in [4.78, 5) is 2.93. The highest BCUT2D eigenvalue weighted by Gasteiger charge is 2.35. The van der Waals surface area contributed by atoms with Crippen LogP contribution in [0, 0.1) is 10.4 Å². The number of quaternary nitrogens is 1. The highest BCUT2D eigenvalue weighted by Crippen LogP contribution is 2.33. The molecule has 2 aliphatic rings. The molecular formula is C20H26N4O3. The molecule has 0 atom stereocenters. The molecule has 0 amide bonds. The lowest BCUT2D eigenvalue weighted by molar-refractivity contribution is -1.11. The minimum atomic E-state index is -0.370. The zero-order valence-corrected chi connectivity index (χ0v) is 16.1. The molecule has 1 heterocycles. The number of H-pyrrole nitrogens is 1. The van der Waals surface area contributed by atoms with Crippen molar-refractivity contribution in [2.75, 3.05) is 26.0 Å². The van der Waals surface area contributed by atoms with Crippen molar-refractivity contribution in [2.24, 2.45) is 0 Å². The van der Waals surface area contributed by atoms with Crippen LogP contribution in [0.5, 0.6) is 0 Å². The van der Waals surface area contributed by atoms with Gasteiger partial charge in [-0.25, -0.2) is 5.21 Å². The van der Waals surface area contributed by atoms with E-state index >= 15 is 0 Å². The van der Waals surface area contributed by atoms with Crippen LogP contribution in [0.2, 0.25) is 0 Å². The lowest BCUT2D eigenvalue weighted by Crippen LogP contribution is -2.54. The molecule has 1 aliphatic heterocycles. The summed E-state index contributed by atoms with van der Waals surface area (Å²) in [6, 6.07) is 12.8. The van der Waals surface area contributed by atoms with Gasteiger partial charge in [-0.1, -0.05) is 24.3 Å². The fourth-order valence-corrected chi connectivity index (χ4v) is 3.10. The Morgan fingerprint density at radius 1 is 1.11 bits per heavy atom. The highest BCUT2D eigenvalue weighted by atomic mass is 16.8. The number of aromatic nitrogens is 1. The van der Waals surface area contributed by atoms with Crippen molar-refractivity contribution < 1.29 is 9.85 Å². The van der Waals surface area contributed by atoms with Gasteiger partial charge in [0, 0.05) is 29.9 Å². The predicted octanol–water partition coefficient (Wildman–Crippen LogP) is 3.09. The molecule has 1 aliphatic carbocycles. The Balaban J connectivity index is 2.11. The van der Waals surface area contributed by atoms with Gasteiger partial charge in [0.05, 0.1) is 31.0 Å². The van der Waals surface area contributed by atoms with Gasteiger partial charge < -0.3 is 20.7 Å². The summed E-state index contributed by atoms with van der Waals surface area (Å²) < 4.78 is -0.154. The average molecular weight is 370 g/mol. The predicted molar refractivity (Wildman–Crippen MR) is 108 cm³/mol. The average Bonchev–Trinajstić information content (AvgIpc) is 2.59. The second-order valence-corrected chi connectivity index (χ2v) is 7.89. The lowest BCUT2D eigenvalue weighted by Gasteiger charge is -2.37. The topological polar surface area (TPSA) is 97.2 Å². The molecule has 0 saturated heterocycles. The van der Waals surface area contributed by atoms with Crippen LogP contribution in [-0.4, -0.2) is 41.0 Å². The number of hydrogen-bond acceptors (Lipinski definition) is 4. The second-order valence-electron chi connectivity index (χ2n) is 7.89. The molecule has 0 unspecified atom stereocenters. The summed E-state index contributed by atoms with van der Waals surface area (Å²) in [5, 5.41) is 37.9. The van der Waals surface area contributed by atoms with Gasteiger partial charge >= 0.3 is 0 Å². The maximum Gasteiger partial charge on any atom is 0.234 e. The zero-order valence-electron chi connectivity index (χ0n) is 16.1. The van der Waals surface area contributed by atoms with Crippen LogP contribution in [0.25, 0.3) is 22.2 Å². The third-order valence-corrected chi connectivity index (χ3v) is 5.47. The number of nitrogens with zero attached hydrogens (tertiary/aromatic N) is 2. The number of aromatic amines is 1. The minimum Gasteiger partial charge on any atom is -0.612 e. The summed E-state index contributed by atoms with van der Waals surface area (Å²) in [7, 11) is 3.49. The smallest absolute Gasteiger partial charge is 0.234 e. The Labute approximate surface area is 158 Å². The number of hydroxylamine groups is 3. The van der Waals surface area contributed by atoms with Crippen molar-refractivity contribution in [3.05, 3.63) is 58.2 Å². The Bertz CT molecular complexity index is 998. The van der Waals surface area contributed by atoms with Gasteiger partial charge in [-0.3, -0.25) is 0 Å². The van der Waals surface area contributed by atoms with Gasteiger partial charge in [-0.05, 0) is 26.0 Å². The zero-order chi connectivity index (χ0) is 19.8. The summed E-state index contributed by atoms with van der Waals surface area (Å²) in [5.74, 6) is 0. The molecule has 3 rings (SSSR count). The number of pyridine rings is 1. The highest BCUT2D eigenvalue weighted by molar-refractivity contribution is 6.00. The lowest BCUT2D eigenvalue weighted by atomic mass is 9.97. The monoisotopic (exact) mass is 370 g/mol. The number of hydrogen-bond donors (Lipinski definition) is 3. The molecule has 7 heteroatoms. The molecule has 27 heavy (non-hydrogen) atoms. The molecule has 0 aromatic heterocycles. The molecule has 0 bridgehead atoms. The molecule has 0 saturated carbocycles. The quantitative estimate of drug-likeness (QED) is 0.365. The molecule has 0 fully saturated rings. The van der Waals surface area contributed by atoms with Gasteiger partial charge in [0.15, 0.2) is 0 Å². The molecule has 144 valence electrons. The second kappa shape index (κ2) is 6.75. The summed E-state index contributed by atoms with van der Waals surface area (Å²) in [6.45, 7) is 4.56. The van der Waals surface area contributed by atoms with Gasteiger partial charge in [0.25, 0.3) is 0 Å². The number of benzene rings is 2. The van der Waals surface area contributed by atoms with E-state index in [4.69, 9.17) is 0 Å². The summed E-state index contributed by atoms with van der Waals surface area (Å²) >= 11 is 0. The maximum absolute atomic E-state index is 11.6. The van der Waals surface area contributed by atoms with E-state index in [1.165, 1.54) is 6.07 Å². The van der Waals surface area contributed by atoms with E-state index in [1.54, 1.807) is 20.2 Å². The Morgan fingerprint density at radius 2 is 1.81 bits per heavy atom. The molecule has 1 aromatic carbocycles. The normalized spacial score (nSPS) is 12.5. The first kappa shape index (κ1) is 19.0. The number of fused-ring (bicyclic) bond motifs is 2. The van der Waals surface area contributed by atoms with E-state index in [2.05, 4.69) is 10.3 Å². The molecular weight excluding hydrogens is 344 g/mol. The van der Waals surface area contributed by atoms with E-state index in [1.807, 2.05) is 44.2 Å². The summed E-state index contributed by atoms with van der Waals surface area (Å²) in [6.07, 6.45) is 0.686. The van der Waals surface area contributed by atoms with Crippen LogP contribution in [0.15, 0.2) is 42.5 Å². The minimum absolute atomic E-state index is 0.0644. The van der Waals surface area contributed by atoms with E-state index in [9.17, 15) is 15.6 Å². The van der Waals surface area contributed by atoms with Crippen LogP contribution in [0.3, 0.4) is 0 Å².